The molecular weight excluding hydrogens is 236 g/mol. The molecule has 0 radical (unpaired) electrons. The van der Waals surface area contributed by atoms with E-state index in [-0.39, 0.29) is 11.6 Å². The van der Waals surface area contributed by atoms with Gasteiger partial charge in [-0.2, -0.15) is 0 Å². The predicted molar refractivity (Wildman–Crippen MR) is 77.3 cm³/mol. The summed E-state index contributed by atoms with van der Waals surface area (Å²) in [6, 6.07) is 8.38. The third-order valence-electron chi connectivity index (χ3n) is 4.67. The molecule has 3 nitrogen and oxygen atoms in total. The van der Waals surface area contributed by atoms with Crippen LogP contribution in [0.4, 0.5) is 0 Å². The molecule has 3 rings (SSSR count). The number of fused-ring (bicyclic) bond motifs is 1. The van der Waals surface area contributed by atoms with Gasteiger partial charge in [0.05, 0.1) is 0 Å². The van der Waals surface area contributed by atoms with Gasteiger partial charge in [0.15, 0.2) is 0 Å². The van der Waals surface area contributed by atoms with Crippen LogP contribution in [-0.4, -0.2) is 30.1 Å². The molecule has 0 amide bonds. The fraction of sp³-hybridized carbons (Fsp3) is 0.625. The van der Waals surface area contributed by atoms with Crippen LogP contribution < -0.4 is 10.5 Å². The van der Waals surface area contributed by atoms with Crippen molar-refractivity contribution in [2.75, 3.05) is 19.6 Å². The summed E-state index contributed by atoms with van der Waals surface area (Å²) < 4.78 is 6.40. The average Bonchev–Trinajstić information content (AvgIpc) is 2.61. The van der Waals surface area contributed by atoms with Gasteiger partial charge in [0.2, 0.25) is 0 Å². The number of benzene rings is 1. The third kappa shape index (κ3) is 2.49. The van der Waals surface area contributed by atoms with Gasteiger partial charge in [0.25, 0.3) is 0 Å². The summed E-state index contributed by atoms with van der Waals surface area (Å²) in [7, 11) is 0. The van der Waals surface area contributed by atoms with Crippen molar-refractivity contribution in [2.24, 2.45) is 5.73 Å². The molecule has 104 valence electrons. The number of ether oxygens (including phenoxy) is 1. The Labute approximate surface area is 115 Å². The normalized spacial score (nSPS) is 31.6. The minimum atomic E-state index is -0.0301. The largest absolute Gasteiger partial charge is 0.487 e. The Hall–Kier alpha value is -1.06. The standard InChI is InChI=1S/C16H24N2O/c1-2-18-10-5-8-16(9-11-18)12-14(17)13-6-3-4-7-15(13)19-16/h3-4,6-7,14H,2,5,8-12,17H2,1H3/t14-,16?/m1/s1. The molecule has 1 aromatic rings. The van der Waals surface area contributed by atoms with Crippen molar-refractivity contribution >= 4 is 0 Å². The molecule has 2 aliphatic heterocycles. The van der Waals surface area contributed by atoms with E-state index in [1.165, 1.54) is 18.5 Å². The molecule has 2 aliphatic rings. The molecule has 2 atom stereocenters. The van der Waals surface area contributed by atoms with Crippen LogP contribution in [0.3, 0.4) is 0 Å². The maximum absolute atomic E-state index is 6.40. The topological polar surface area (TPSA) is 38.5 Å². The van der Waals surface area contributed by atoms with E-state index < -0.39 is 0 Å². The van der Waals surface area contributed by atoms with Crippen molar-refractivity contribution in [1.82, 2.24) is 4.90 Å². The molecule has 3 heteroatoms. The van der Waals surface area contributed by atoms with Gasteiger partial charge in [-0.05, 0) is 38.4 Å². The number of hydrogen-bond donors (Lipinski definition) is 1. The maximum Gasteiger partial charge on any atom is 0.124 e. The van der Waals surface area contributed by atoms with Crippen molar-refractivity contribution in [3.05, 3.63) is 29.8 Å². The van der Waals surface area contributed by atoms with Crippen LogP contribution in [0.2, 0.25) is 0 Å². The molecule has 19 heavy (non-hydrogen) atoms. The van der Waals surface area contributed by atoms with Crippen LogP contribution in [0.5, 0.6) is 5.75 Å². The molecule has 1 aromatic carbocycles. The summed E-state index contributed by atoms with van der Waals surface area (Å²) in [5.74, 6) is 1.01. The first-order valence-electron chi connectivity index (χ1n) is 7.48. The lowest BCUT2D eigenvalue weighted by molar-refractivity contribution is 0.0219. The van der Waals surface area contributed by atoms with Crippen LogP contribution in [0.15, 0.2) is 24.3 Å². The number of rotatable bonds is 1. The highest BCUT2D eigenvalue weighted by atomic mass is 16.5. The van der Waals surface area contributed by atoms with E-state index in [1.54, 1.807) is 0 Å². The quantitative estimate of drug-likeness (QED) is 0.843. The van der Waals surface area contributed by atoms with Crippen molar-refractivity contribution in [3.8, 4) is 5.75 Å². The zero-order chi connectivity index (χ0) is 13.3. The number of nitrogens with zero attached hydrogens (tertiary/aromatic N) is 1. The lowest BCUT2D eigenvalue weighted by Crippen LogP contribution is -2.43. The molecule has 1 spiro atoms. The molecule has 0 aliphatic carbocycles. The van der Waals surface area contributed by atoms with E-state index in [0.717, 1.165) is 38.1 Å². The highest BCUT2D eigenvalue weighted by molar-refractivity contribution is 5.38. The molecule has 1 unspecified atom stereocenters. The Morgan fingerprint density at radius 1 is 1.32 bits per heavy atom. The minimum absolute atomic E-state index is 0.0301. The average molecular weight is 260 g/mol. The van der Waals surface area contributed by atoms with Crippen LogP contribution >= 0.6 is 0 Å². The lowest BCUT2D eigenvalue weighted by atomic mass is 9.82. The van der Waals surface area contributed by atoms with Crippen LogP contribution in [-0.2, 0) is 0 Å². The molecule has 0 bridgehead atoms. The highest BCUT2D eigenvalue weighted by Gasteiger charge is 2.40. The van der Waals surface area contributed by atoms with Crippen LogP contribution in [0, 0.1) is 0 Å². The molecule has 1 saturated heterocycles. The summed E-state index contributed by atoms with van der Waals surface area (Å²) in [5, 5.41) is 0. The monoisotopic (exact) mass is 260 g/mol. The first-order chi connectivity index (χ1) is 9.22. The fourth-order valence-corrected chi connectivity index (χ4v) is 3.51. The summed E-state index contributed by atoms with van der Waals surface area (Å²) in [6.45, 7) is 5.70. The Balaban J connectivity index is 1.83. The molecule has 0 aromatic heterocycles. The lowest BCUT2D eigenvalue weighted by Gasteiger charge is -2.41. The van der Waals surface area contributed by atoms with E-state index in [4.69, 9.17) is 10.5 Å². The summed E-state index contributed by atoms with van der Waals surface area (Å²) >= 11 is 0. The van der Waals surface area contributed by atoms with Crippen LogP contribution in [0.1, 0.15) is 44.2 Å². The smallest absolute Gasteiger partial charge is 0.124 e. The van der Waals surface area contributed by atoms with Gasteiger partial charge in [0, 0.05) is 24.6 Å². The number of para-hydroxylation sites is 1. The Morgan fingerprint density at radius 3 is 3.00 bits per heavy atom. The third-order valence-corrected chi connectivity index (χ3v) is 4.67. The van der Waals surface area contributed by atoms with E-state index in [1.807, 2.05) is 12.1 Å². The van der Waals surface area contributed by atoms with Gasteiger partial charge < -0.3 is 15.4 Å². The Bertz CT molecular complexity index is 448. The summed E-state index contributed by atoms with van der Waals surface area (Å²) in [4.78, 5) is 2.52. The fourth-order valence-electron chi connectivity index (χ4n) is 3.51. The first-order valence-corrected chi connectivity index (χ1v) is 7.48. The van der Waals surface area contributed by atoms with Crippen molar-refractivity contribution in [1.29, 1.82) is 0 Å². The Morgan fingerprint density at radius 2 is 2.16 bits per heavy atom. The maximum atomic E-state index is 6.40. The van der Waals surface area contributed by atoms with Gasteiger partial charge in [-0.25, -0.2) is 0 Å². The number of nitrogens with two attached hydrogens (primary N) is 1. The van der Waals surface area contributed by atoms with E-state index in [0.29, 0.717) is 0 Å². The SMILES string of the molecule is CCN1CCCC2(CC1)C[C@@H](N)c1ccccc1O2. The Kier molecular flexibility index (Phi) is 3.50. The second kappa shape index (κ2) is 5.14. The molecular formula is C16H24N2O. The van der Waals surface area contributed by atoms with Gasteiger partial charge in [-0.15, -0.1) is 0 Å². The highest BCUT2D eigenvalue weighted by Crippen LogP contribution is 2.43. The van der Waals surface area contributed by atoms with Gasteiger partial charge >= 0.3 is 0 Å². The van der Waals surface area contributed by atoms with Crippen LogP contribution in [0.25, 0.3) is 0 Å². The second-order valence-electron chi connectivity index (χ2n) is 5.92. The first kappa shape index (κ1) is 12.9. The van der Waals surface area contributed by atoms with E-state index in [2.05, 4.69) is 24.0 Å². The zero-order valence-electron chi connectivity index (χ0n) is 11.8. The van der Waals surface area contributed by atoms with Gasteiger partial charge in [-0.3, -0.25) is 0 Å². The summed E-state index contributed by atoms with van der Waals surface area (Å²) in [6.07, 6.45) is 4.40. The molecule has 1 fully saturated rings. The van der Waals surface area contributed by atoms with Crippen molar-refractivity contribution in [2.45, 2.75) is 44.2 Å². The molecule has 2 N–H and O–H groups in total. The van der Waals surface area contributed by atoms with Crippen molar-refractivity contribution < 1.29 is 4.74 Å². The van der Waals surface area contributed by atoms with Gasteiger partial charge in [0.1, 0.15) is 11.4 Å². The predicted octanol–water partition coefficient (Wildman–Crippen LogP) is 2.71. The summed E-state index contributed by atoms with van der Waals surface area (Å²) in [5.41, 5.74) is 7.52. The number of hydrogen-bond acceptors (Lipinski definition) is 3. The molecule has 0 saturated carbocycles. The van der Waals surface area contributed by atoms with E-state index in [9.17, 15) is 0 Å². The number of likely N-dealkylation sites (tertiary alicyclic amines) is 1. The minimum Gasteiger partial charge on any atom is -0.487 e. The zero-order valence-corrected chi connectivity index (χ0v) is 11.8. The second-order valence-corrected chi connectivity index (χ2v) is 5.92. The van der Waals surface area contributed by atoms with Gasteiger partial charge in [-0.1, -0.05) is 25.1 Å². The van der Waals surface area contributed by atoms with E-state index >= 15 is 0 Å². The molecule has 2 heterocycles. The van der Waals surface area contributed by atoms with Crippen molar-refractivity contribution in [3.63, 3.8) is 0 Å².